The Morgan fingerprint density at radius 3 is 2.67 bits per heavy atom. The summed E-state index contributed by atoms with van der Waals surface area (Å²) in [5.41, 5.74) is 0.588. The van der Waals surface area contributed by atoms with Crippen LogP contribution in [-0.4, -0.2) is 42.7 Å². The topological polar surface area (TPSA) is 49.8 Å². The van der Waals surface area contributed by atoms with E-state index in [2.05, 4.69) is 15.9 Å². The fourth-order valence-corrected chi connectivity index (χ4v) is 2.23. The molecule has 1 rings (SSSR count). The van der Waals surface area contributed by atoms with Crippen LogP contribution >= 0.6 is 15.9 Å². The number of aliphatic hydroxyl groups is 1. The number of hydrogen-bond acceptors (Lipinski definition) is 3. The van der Waals surface area contributed by atoms with Crippen molar-refractivity contribution in [3.8, 4) is 5.75 Å². The Bertz CT molecular complexity index is 403. The molecule has 1 aromatic rings. The largest absolute Gasteiger partial charge is 0.496 e. The van der Waals surface area contributed by atoms with E-state index in [9.17, 15) is 4.79 Å². The molecule has 4 nitrogen and oxygen atoms in total. The Hall–Kier alpha value is -1.07. The van der Waals surface area contributed by atoms with Gasteiger partial charge in [-0.25, -0.2) is 0 Å². The number of benzene rings is 1. The maximum absolute atomic E-state index is 12.2. The second-order valence-electron chi connectivity index (χ2n) is 3.87. The van der Waals surface area contributed by atoms with E-state index in [1.54, 1.807) is 30.2 Å². The van der Waals surface area contributed by atoms with Gasteiger partial charge >= 0.3 is 0 Å². The van der Waals surface area contributed by atoms with Crippen molar-refractivity contribution in [2.45, 2.75) is 13.3 Å². The first-order valence-corrected chi connectivity index (χ1v) is 6.67. The van der Waals surface area contributed by atoms with Crippen LogP contribution in [0.25, 0.3) is 0 Å². The first kappa shape index (κ1) is 15.0. The van der Waals surface area contributed by atoms with Gasteiger partial charge in [-0.15, -0.1) is 0 Å². The van der Waals surface area contributed by atoms with Crippen LogP contribution in [0.5, 0.6) is 5.75 Å². The average Bonchev–Trinajstić information content (AvgIpc) is 2.37. The SMILES string of the molecule is CCCN(CCO)C(=O)c1ccc(OC)c(Br)c1. The number of nitrogens with zero attached hydrogens (tertiary/aromatic N) is 1. The van der Waals surface area contributed by atoms with Gasteiger partial charge in [0, 0.05) is 18.7 Å². The highest BCUT2D eigenvalue weighted by atomic mass is 79.9. The van der Waals surface area contributed by atoms with Crippen molar-refractivity contribution >= 4 is 21.8 Å². The summed E-state index contributed by atoms with van der Waals surface area (Å²) in [6.45, 7) is 2.98. The van der Waals surface area contributed by atoms with Gasteiger partial charge in [0.15, 0.2) is 0 Å². The minimum Gasteiger partial charge on any atom is -0.496 e. The Balaban J connectivity index is 2.90. The zero-order chi connectivity index (χ0) is 13.5. The van der Waals surface area contributed by atoms with Crippen LogP contribution in [0.1, 0.15) is 23.7 Å². The molecule has 1 amide bonds. The number of carbonyl (C=O) groups is 1. The number of carbonyl (C=O) groups excluding carboxylic acids is 1. The smallest absolute Gasteiger partial charge is 0.253 e. The zero-order valence-electron chi connectivity index (χ0n) is 10.6. The van der Waals surface area contributed by atoms with Gasteiger partial charge in [-0.3, -0.25) is 4.79 Å². The van der Waals surface area contributed by atoms with Gasteiger partial charge < -0.3 is 14.7 Å². The van der Waals surface area contributed by atoms with Crippen molar-refractivity contribution in [1.29, 1.82) is 0 Å². The predicted molar refractivity (Wildman–Crippen MR) is 74.0 cm³/mol. The zero-order valence-corrected chi connectivity index (χ0v) is 12.2. The fourth-order valence-electron chi connectivity index (χ4n) is 1.69. The molecule has 0 saturated carbocycles. The normalized spacial score (nSPS) is 10.2. The van der Waals surface area contributed by atoms with Crippen LogP contribution in [0.2, 0.25) is 0 Å². The van der Waals surface area contributed by atoms with E-state index in [1.165, 1.54) is 0 Å². The number of halogens is 1. The number of ether oxygens (including phenoxy) is 1. The van der Waals surface area contributed by atoms with Crippen molar-refractivity contribution in [3.05, 3.63) is 28.2 Å². The molecule has 18 heavy (non-hydrogen) atoms. The summed E-state index contributed by atoms with van der Waals surface area (Å²) in [4.78, 5) is 13.9. The second-order valence-corrected chi connectivity index (χ2v) is 4.72. The van der Waals surface area contributed by atoms with Crippen molar-refractivity contribution in [2.75, 3.05) is 26.8 Å². The molecule has 0 saturated heterocycles. The molecule has 0 aliphatic carbocycles. The maximum Gasteiger partial charge on any atom is 0.253 e. The average molecular weight is 316 g/mol. The Labute approximate surface area is 116 Å². The van der Waals surface area contributed by atoms with Crippen LogP contribution in [0.15, 0.2) is 22.7 Å². The molecule has 5 heteroatoms. The lowest BCUT2D eigenvalue weighted by Crippen LogP contribution is -2.34. The molecule has 1 aromatic carbocycles. The molecule has 0 bridgehead atoms. The maximum atomic E-state index is 12.2. The van der Waals surface area contributed by atoms with E-state index in [0.29, 0.717) is 24.4 Å². The highest BCUT2D eigenvalue weighted by Gasteiger charge is 2.15. The summed E-state index contributed by atoms with van der Waals surface area (Å²) in [6, 6.07) is 5.22. The van der Waals surface area contributed by atoms with Crippen LogP contribution in [-0.2, 0) is 0 Å². The summed E-state index contributed by atoms with van der Waals surface area (Å²) in [7, 11) is 1.58. The highest BCUT2D eigenvalue weighted by molar-refractivity contribution is 9.10. The fraction of sp³-hybridized carbons (Fsp3) is 0.462. The number of methoxy groups -OCH3 is 1. The van der Waals surface area contributed by atoms with Crippen molar-refractivity contribution in [1.82, 2.24) is 4.90 Å². The number of rotatable bonds is 6. The van der Waals surface area contributed by atoms with E-state index in [-0.39, 0.29) is 12.5 Å². The predicted octanol–water partition coefficient (Wildman–Crippen LogP) is 2.30. The summed E-state index contributed by atoms with van der Waals surface area (Å²) in [5.74, 6) is 0.616. The third-order valence-corrected chi connectivity index (χ3v) is 3.17. The molecule has 0 aromatic heterocycles. The molecule has 0 atom stereocenters. The van der Waals surface area contributed by atoms with Gasteiger partial charge in [-0.1, -0.05) is 6.92 Å². The molecule has 0 unspecified atom stereocenters. The van der Waals surface area contributed by atoms with Crippen LogP contribution in [0, 0.1) is 0 Å². The minimum absolute atomic E-state index is 0.0247. The lowest BCUT2D eigenvalue weighted by atomic mass is 10.2. The molecule has 1 N–H and O–H groups in total. The van der Waals surface area contributed by atoms with Gasteiger partial charge in [0.2, 0.25) is 0 Å². The monoisotopic (exact) mass is 315 g/mol. The third-order valence-electron chi connectivity index (χ3n) is 2.55. The van der Waals surface area contributed by atoms with Gasteiger partial charge in [-0.05, 0) is 40.5 Å². The summed E-state index contributed by atoms with van der Waals surface area (Å²) in [5, 5.41) is 8.97. The lowest BCUT2D eigenvalue weighted by molar-refractivity contribution is 0.0722. The molecular formula is C13H18BrNO3. The Kier molecular flexibility index (Phi) is 6.15. The standard InChI is InChI=1S/C13H18BrNO3/c1-3-6-15(7-8-16)13(17)10-4-5-12(18-2)11(14)9-10/h4-5,9,16H,3,6-8H2,1-2H3. The number of aliphatic hydroxyl groups excluding tert-OH is 1. The van der Waals surface area contributed by atoms with Crippen LogP contribution in [0.4, 0.5) is 0 Å². The van der Waals surface area contributed by atoms with Crippen molar-refractivity contribution in [2.24, 2.45) is 0 Å². The van der Waals surface area contributed by atoms with Gasteiger partial charge in [0.1, 0.15) is 5.75 Å². The molecule has 0 radical (unpaired) electrons. The van der Waals surface area contributed by atoms with E-state index >= 15 is 0 Å². The molecule has 0 fully saturated rings. The number of hydrogen-bond donors (Lipinski definition) is 1. The summed E-state index contributed by atoms with van der Waals surface area (Å²) >= 11 is 3.36. The van der Waals surface area contributed by atoms with E-state index < -0.39 is 0 Å². The molecule has 0 aliphatic rings. The molecule has 0 spiro atoms. The van der Waals surface area contributed by atoms with Gasteiger partial charge in [0.05, 0.1) is 18.2 Å². The quantitative estimate of drug-likeness (QED) is 0.876. The third kappa shape index (κ3) is 3.71. The van der Waals surface area contributed by atoms with Crippen LogP contribution in [0.3, 0.4) is 0 Å². The summed E-state index contributed by atoms with van der Waals surface area (Å²) in [6.07, 6.45) is 0.864. The van der Waals surface area contributed by atoms with Crippen molar-refractivity contribution in [3.63, 3.8) is 0 Å². The minimum atomic E-state index is -0.0748. The van der Waals surface area contributed by atoms with Gasteiger partial charge in [-0.2, -0.15) is 0 Å². The van der Waals surface area contributed by atoms with Gasteiger partial charge in [0.25, 0.3) is 5.91 Å². The first-order chi connectivity index (χ1) is 8.63. The van der Waals surface area contributed by atoms with E-state index in [4.69, 9.17) is 9.84 Å². The van der Waals surface area contributed by atoms with Crippen LogP contribution < -0.4 is 4.74 Å². The molecule has 100 valence electrons. The van der Waals surface area contributed by atoms with E-state index in [1.807, 2.05) is 6.92 Å². The number of amides is 1. The van der Waals surface area contributed by atoms with Crippen molar-refractivity contribution < 1.29 is 14.6 Å². The second kappa shape index (κ2) is 7.38. The Morgan fingerprint density at radius 1 is 1.44 bits per heavy atom. The molecule has 0 aliphatic heterocycles. The Morgan fingerprint density at radius 2 is 2.17 bits per heavy atom. The lowest BCUT2D eigenvalue weighted by Gasteiger charge is -2.21. The highest BCUT2D eigenvalue weighted by Crippen LogP contribution is 2.26. The molecule has 0 heterocycles. The van der Waals surface area contributed by atoms with E-state index in [0.717, 1.165) is 10.9 Å². The summed E-state index contributed by atoms with van der Waals surface area (Å²) < 4.78 is 5.87. The molecular weight excluding hydrogens is 298 g/mol. The first-order valence-electron chi connectivity index (χ1n) is 5.87.